The van der Waals surface area contributed by atoms with Crippen LogP contribution in [0.5, 0.6) is 5.88 Å². The lowest BCUT2D eigenvalue weighted by atomic mass is 10.2. The number of hydrogen-bond acceptors (Lipinski definition) is 5. The zero-order valence-electron chi connectivity index (χ0n) is 12.2. The van der Waals surface area contributed by atoms with E-state index >= 15 is 0 Å². The summed E-state index contributed by atoms with van der Waals surface area (Å²) in [6.07, 6.45) is 0. The lowest BCUT2D eigenvalue weighted by molar-refractivity contribution is -0.119. The Balaban J connectivity index is 2.00. The van der Waals surface area contributed by atoms with Crippen molar-refractivity contribution in [2.75, 3.05) is 17.8 Å². The number of fused-ring (bicyclic) bond motifs is 1. The van der Waals surface area contributed by atoms with E-state index in [2.05, 4.69) is 4.98 Å². The Morgan fingerprint density at radius 3 is 2.82 bits per heavy atom. The van der Waals surface area contributed by atoms with Gasteiger partial charge >= 0.3 is 0 Å². The van der Waals surface area contributed by atoms with Gasteiger partial charge in [0.2, 0.25) is 11.8 Å². The minimum Gasteiger partial charge on any atom is -0.481 e. The second-order valence-corrected chi connectivity index (χ2v) is 6.01. The minimum absolute atomic E-state index is 0.0814. The van der Waals surface area contributed by atoms with E-state index in [1.54, 1.807) is 18.1 Å². The Morgan fingerprint density at radius 2 is 2.09 bits per heavy atom. The number of pyridine rings is 1. The van der Waals surface area contributed by atoms with Gasteiger partial charge in [0.1, 0.15) is 5.03 Å². The van der Waals surface area contributed by atoms with E-state index in [0.717, 1.165) is 16.3 Å². The number of carbonyl (C=O) groups excluding carboxylic acids is 1. The van der Waals surface area contributed by atoms with Gasteiger partial charge in [0.15, 0.2) is 0 Å². The fourth-order valence-corrected chi connectivity index (χ4v) is 3.29. The fraction of sp³-hybridized carbons (Fsp3) is 0.250. The summed E-state index contributed by atoms with van der Waals surface area (Å²) in [5, 5.41) is 0.775. The van der Waals surface area contributed by atoms with Gasteiger partial charge in [-0.2, -0.15) is 0 Å². The summed E-state index contributed by atoms with van der Waals surface area (Å²) < 4.78 is 5.17. The molecule has 1 aromatic heterocycles. The van der Waals surface area contributed by atoms with E-state index in [9.17, 15) is 4.79 Å². The van der Waals surface area contributed by atoms with Crippen molar-refractivity contribution in [2.45, 2.75) is 17.6 Å². The van der Waals surface area contributed by atoms with Crippen LogP contribution in [0.25, 0.3) is 0 Å². The highest BCUT2D eigenvalue weighted by atomic mass is 32.2. The van der Waals surface area contributed by atoms with Crippen molar-refractivity contribution in [3.8, 4) is 5.88 Å². The molecule has 2 heterocycles. The number of thioether (sulfide) groups is 1. The third kappa shape index (κ3) is 2.93. The quantitative estimate of drug-likeness (QED) is 0.939. The van der Waals surface area contributed by atoms with Gasteiger partial charge in [-0.25, -0.2) is 4.98 Å². The van der Waals surface area contributed by atoms with Crippen molar-refractivity contribution in [3.63, 3.8) is 0 Å². The standard InChI is InChI=1S/C16H17N3O2S/c1-21-14-8-7-13-15(18-14)22-10-12(17)16(20)19(13)9-11-5-3-2-4-6-11/h2-8,12H,9-10,17H2,1H3/t12-/m0/s1. The third-order valence-corrected chi connectivity index (χ3v) is 4.58. The first kappa shape index (κ1) is 14.9. The van der Waals surface area contributed by atoms with Gasteiger partial charge in [-0.1, -0.05) is 30.3 Å². The number of nitrogens with two attached hydrogens (primary N) is 1. The van der Waals surface area contributed by atoms with Crippen molar-refractivity contribution < 1.29 is 9.53 Å². The van der Waals surface area contributed by atoms with Crippen LogP contribution in [0.4, 0.5) is 5.69 Å². The molecule has 0 saturated heterocycles. The van der Waals surface area contributed by atoms with Gasteiger partial charge in [0, 0.05) is 11.8 Å². The first-order chi connectivity index (χ1) is 10.7. The molecule has 0 unspecified atom stereocenters. The lowest BCUT2D eigenvalue weighted by Crippen LogP contribution is -2.44. The lowest BCUT2D eigenvalue weighted by Gasteiger charge is -2.24. The summed E-state index contributed by atoms with van der Waals surface area (Å²) in [4.78, 5) is 18.7. The summed E-state index contributed by atoms with van der Waals surface area (Å²) in [5.74, 6) is 0.966. The van der Waals surface area contributed by atoms with Crippen LogP contribution in [0, 0.1) is 0 Å². The molecule has 0 bridgehead atoms. The second-order valence-electron chi connectivity index (χ2n) is 5.01. The molecule has 1 aliphatic heterocycles. The Hall–Kier alpha value is -2.05. The monoisotopic (exact) mass is 315 g/mol. The maximum absolute atomic E-state index is 12.6. The molecular formula is C16H17N3O2S. The van der Waals surface area contributed by atoms with E-state index in [4.69, 9.17) is 10.5 Å². The normalized spacial score (nSPS) is 17.8. The van der Waals surface area contributed by atoms with Crippen molar-refractivity contribution in [2.24, 2.45) is 5.73 Å². The molecule has 1 amide bonds. The van der Waals surface area contributed by atoms with Crippen molar-refractivity contribution in [3.05, 3.63) is 48.0 Å². The zero-order chi connectivity index (χ0) is 15.5. The number of nitrogens with zero attached hydrogens (tertiary/aromatic N) is 2. The Bertz CT molecular complexity index is 678. The Morgan fingerprint density at radius 1 is 1.32 bits per heavy atom. The van der Waals surface area contributed by atoms with Crippen LogP contribution >= 0.6 is 11.8 Å². The predicted molar refractivity (Wildman–Crippen MR) is 87.1 cm³/mol. The largest absolute Gasteiger partial charge is 0.481 e. The highest BCUT2D eigenvalue weighted by Gasteiger charge is 2.29. The van der Waals surface area contributed by atoms with E-state index in [1.807, 2.05) is 36.4 Å². The summed E-state index contributed by atoms with van der Waals surface area (Å²) in [7, 11) is 1.58. The van der Waals surface area contributed by atoms with Gasteiger partial charge in [-0.05, 0) is 11.6 Å². The molecule has 1 aromatic carbocycles. The molecule has 2 aromatic rings. The van der Waals surface area contributed by atoms with Gasteiger partial charge in [0.25, 0.3) is 0 Å². The SMILES string of the molecule is COc1ccc2c(n1)SC[C@H](N)C(=O)N2Cc1ccccc1. The average molecular weight is 315 g/mol. The van der Waals surface area contributed by atoms with Crippen molar-refractivity contribution in [1.82, 2.24) is 4.98 Å². The molecule has 3 rings (SSSR count). The molecular weight excluding hydrogens is 298 g/mol. The van der Waals surface area contributed by atoms with Crippen LogP contribution in [-0.2, 0) is 11.3 Å². The molecule has 0 fully saturated rings. The van der Waals surface area contributed by atoms with Gasteiger partial charge in [-0.3, -0.25) is 4.79 Å². The Kier molecular flexibility index (Phi) is 4.31. The van der Waals surface area contributed by atoms with Crippen LogP contribution in [0.2, 0.25) is 0 Å². The number of methoxy groups -OCH3 is 1. The Labute approximate surface area is 133 Å². The van der Waals surface area contributed by atoms with Crippen LogP contribution in [-0.4, -0.2) is 29.8 Å². The molecule has 114 valence electrons. The third-order valence-electron chi connectivity index (χ3n) is 3.48. The first-order valence-corrected chi connectivity index (χ1v) is 7.96. The first-order valence-electron chi connectivity index (χ1n) is 6.98. The number of rotatable bonds is 3. The smallest absolute Gasteiger partial charge is 0.245 e. The average Bonchev–Trinajstić information content (AvgIpc) is 2.67. The number of ether oxygens (including phenoxy) is 1. The van der Waals surface area contributed by atoms with Crippen LogP contribution in [0.1, 0.15) is 5.56 Å². The van der Waals surface area contributed by atoms with Crippen LogP contribution in [0.3, 0.4) is 0 Å². The van der Waals surface area contributed by atoms with E-state index in [0.29, 0.717) is 18.2 Å². The van der Waals surface area contributed by atoms with Gasteiger partial charge in [0.05, 0.1) is 25.4 Å². The molecule has 2 N–H and O–H groups in total. The predicted octanol–water partition coefficient (Wildman–Crippen LogP) is 2.06. The number of aromatic nitrogens is 1. The van der Waals surface area contributed by atoms with Gasteiger partial charge < -0.3 is 15.4 Å². The summed E-state index contributed by atoms with van der Waals surface area (Å²) in [5.41, 5.74) is 7.84. The van der Waals surface area contributed by atoms with Crippen LogP contribution < -0.4 is 15.4 Å². The highest BCUT2D eigenvalue weighted by Crippen LogP contribution is 2.34. The molecule has 6 heteroatoms. The number of benzene rings is 1. The number of carbonyl (C=O) groups is 1. The van der Waals surface area contributed by atoms with Gasteiger partial charge in [-0.15, -0.1) is 11.8 Å². The summed E-state index contributed by atoms with van der Waals surface area (Å²) in [6.45, 7) is 0.481. The number of anilines is 1. The molecule has 0 saturated carbocycles. The zero-order valence-corrected chi connectivity index (χ0v) is 13.0. The fourth-order valence-electron chi connectivity index (χ4n) is 2.33. The van der Waals surface area contributed by atoms with E-state index in [-0.39, 0.29) is 5.91 Å². The second kappa shape index (κ2) is 6.37. The van der Waals surface area contributed by atoms with E-state index in [1.165, 1.54) is 11.8 Å². The number of hydrogen-bond donors (Lipinski definition) is 1. The highest BCUT2D eigenvalue weighted by molar-refractivity contribution is 7.99. The summed E-state index contributed by atoms with van der Waals surface area (Å²) >= 11 is 1.49. The molecule has 0 aliphatic carbocycles. The molecule has 0 radical (unpaired) electrons. The molecule has 5 nitrogen and oxygen atoms in total. The van der Waals surface area contributed by atoms with E-state index < -0.39 is 6.04 Å². The maximum atomic E-state index is 12.6. The van der Waals surface area contributed by atoms with Crippen molar-refractivity contribution in [1.29, 1.82) is 0 Å². The van der Waals surface area contributed by atoms with Crippen molar-refractivity contribution >= 4 is 23.4 Å². The molecule has 0 spiro atoms. The minimum atomic E-state index is -0.533. The summed E-state index contributed by atoms with van der Waals surface area (Å²) in [6, 6.07) is 13.0. The topological polar surface area (TPSA) is 68.5 Å². The van der Waals surface area contributed by atoms with Crippen LogP contribution in [0.15, 0.2) is 47.5 Å². The molecule has 22 heavy (non-hydrogen) atoms. The number of amides is 1. The maximum Gasteiger partial charge on any atom is 0.245 e. The molecule has 1 aliphatic rings. The molecule has 1 atom stereocenters.